The first-order chi connectivity index (χ1) is 6.57. The van der Waals surface area contributed by atoms with Crippen molar-refractivity contribution in [2.24, 2.45) is 0 Å². The first-order valence-corrected chi connectivity index (χ1v) is 3.87. The molecule has 0 aliphatic rings. The minimum atomic E-state index is -1.40. The Morgan fingerprint density at radius 3 is 2.71 bits per heavy atom. The van der Waals surface area contributed by atoms with Crippen LogP contribution in [-0.2, 0) is 4.79 Å². The summed E-state index contributed by atoms with van der Waals surface area (Å²) >= 11 is 5.53. The van der Waals surface area contributed by atoms with Crippen molar-refractivity contribution >= 4 is 29.7 Å². The van der Waals surface area contributed by atoms with Gasteiger partial charge in [-0.1, -0.05) is 11.6 Å². The third-order valence-electron chi connectivity index (χ3n) is 1.52. The van der Waals surface area contributed by atoms with Gasteiger partial charge < -0.3 is 10.4 Å². The van der Waals surface area contributed by atoms with Crippen LogP contribution in [0.2, 0.25) is 5.02 Å². The number of carbonyl (C=O) groups is 2. The highest BCUT2D eigenvalue weighted by atomic mass is 35.5. The molecule has 0 spiro atoms. The topological polar surface area (TPSA) is 66.4 Å². The Morgan fingerprint density at radius 1 is 1.57 bits per heavy atom. The highest BCUT2D eigenvalue weighted by molar-refractivity contribution is 6.34. The van der Waals surface area contributed by atoms with Crippen molar-refractivity contribution in [2.45, 2.75) is 0 Å². The molecule has 0 aliphatic heterocycles. The highest BCUT2D eigenvalue weighted by Crippen LogP contribution is 2.26. The zero-order chi connectivity index (χ0) is 10.7. The number of hydrogen-bond donors (Lipinski definition) is 2. The van der Waals surface area contributed by atoms with E-state index in [1.807, 2.05) is 5.32 Å². The van der Waals surface area contributed by atoms with Crippen LogP contribution >= 0.6 is 11.6 Å². The van der Waals surface area contributed by atoms with Crippen LogP contribution < -0.4 is 5.32 Å². The van der Waals surface area contributed by atoms with Crippen molar-refractivity contribution in [1.82, 2.24) is 0 Å². The fourth-order valence-corrected chi connectivity index (χ4v) is 1.20. The van der Waals surface area contributed by atoms with Gasteiger partial charge >= 0.3 is 5.97 Å². The summed E-state index contributed by atoms with van der Waals surface area (Å²) in [6, 6.07) is 2.08. The van der Waals surface area contributed by atoms with E-state index in [4.69, 9.17) is 16.7 Å². The van der Waals surface area contributed by atoms with Crippen LogP contribution in [0.25, 0.3) is 0 Å². The smallest absolute Gasteiger partial charge is 0.339 e. The van der Waals surface area contributed by atoms with E-state index >= 15 is 0 Å². The van der Waals surface area contributed by atoms with Crippen LogP contribution in [0.15, 0.2) is 12.1 Å². The van der Waals surface area contributed by atoms with Gasteiger partial charge in [0.05, 0.1) is 10.7 Å². The van der Waals surface area contributed by atoms with Gasteiger partial charge in [0.25, 0.3) is 0 Å². The molecular formula is C8H5ClFNO3. The summed E-state index contributed by atoms with van der Waals surface area (Å²) in [6.45, 7) is 0. The molecular weight excluding hydrogens is 213 g/mol. The quantitative estimate of drug-likeness (QED) is 0.758. The van der Waals surface area contributed by atoms with Crippen LogP contribution in [0.1, 0.15) is 10.4 Å². The number of anilines is 1. The zero-order valence-electron chi connectivity index (χ0n) is 6.75. The zero-order valence-corrected chi connectivity index (χ0v) is 7.51. The number of carboxylic acids is 1. The van der Waals surface area contributed by atoms with Gasteiger partial charge in [-0.05, 0) is 12.1 Å². The molecule has 0 saturated carbocycles. The molecule has 6 heteroatoms. The molecule has 0 aliphatic carbocycles. The average Bonchev–Trinajstić information content (AvgIpc) is 2.11. The minimum Gasteiger partial charge on any atom is -0.478 e. The number of halogens is 2. The predicted molar refractivity (Wildman–Crippen MR) is 48.1 cm³/mol. The van der Waals surface area contributed by atoms with Gasteiger partial charge in [-0.15, -0.1) is 0 Å². The standard InChI is InChI=1S/C8H5ClFNO3/c9-4-1-2-5(10)7(11-3-12)6(4)8(13)14/h1-3H,(H,11,12)(H,13,14). The van der Waals surface area contributed by atoms with E-state index in [0.29, 0.717) is 0 Å². The molecule has 0 radical (unpaired) electrons. The molecule has 1 aromatic rings. The average molecular weight is 218 g/mol. The van der Waals surface area contributed by atoms with E-state index in [2.05, 4.69) is 0 Å². The number of amides is 1. The molecule has 1 rings (SSSR count). The second-order valence-corrected chi connectivity index (χ2v) is 2.75. The third kappa shape index (κ3) is 1.82. The van der Waals surface area contributed by atoms with Crippen LogP contribution in [-0.4, -0.2) is 17.5 Å². The number of rotatable bonds is 3. The van der Waals surface area contributed by atoms with Crippen LogP contribution in [0.3, 0.4) is 0 Å². The Morgan fingerprint density at radius 2 is 2.21 bits per heavy atom. The molecule has 0 atom stereocenters. The lowest BCUT2D eigenvalue weighted by Gasteiger charge is -2.06. The van der Waals surface area contributed by atoms with E-state index in [0.717, 1.165) is 12.1 Å². The second kappa shape index (κ2) is 4.06. The van der Waals surface area contributed by atoms with Crippen molar-refractivity contribution in [1.29, 1.82) is 0 Å². The largest absolute Gasteiger partial charge is 0.478 e. The van der Waals surface area contributed by atoms with Crippen molar-refractivity contribution in [3.05, 3.63) is 28.5 Å². The Hall–Kier alpha value is -1.62. The molecule has 4 nitrogen and oxygen atoms in total. The SMILES string of the molecule is O=CNc1c(F)ccc(Cl)c1C(=O)O. The van der Waals surface area contributed by atoms with Gasteiger partial charge in [-0.2, -0.15) is 0 Å². The normalized spacial score (nSPS) is 9.57. The third-order valence-corrected chi connectivity index (χ3v) is 1.84. The van der Waals surface area contributed by atoms with E-state index in [1.165, 1.54) is 0 Å². The van der Waals surface area contributed by atoms with Crippen molar-refractivity contribution in [3.63, 3.8) is 0 Å². The number of benzene rings is 1. The van der Waals surface area contributed by atoms with Gasteiger partial charge in [0.1, 0.15) is 11.4 Å². The maximum Gasteiger partial charge on any atom is 0.339 e. The van der Waals surface area contributed by atoms with E-state index in [-0.39, 0.29) is 11.4 Å². The van der Waals surface area contributed by atoms with E-state index in [1.54, 1.807) is 0 Å². The Kier molecular flexibility index (Phi) is 3.03. The van der Waals surface area contributed by atoms with E-state index < -0.39 is 23.0 Å². The van der Waals surface area contributed by atoms with Crippen LogP contribution in [0.4, 0.5) is 10.1 Å². The number of hydrogen-bond acceptors (Lipinski definition) is 2. The molecule has 1 aromatic carbocycles. The van der Waals surface area contributed by atoms with Crippen molar-refractivity contribution in [2.75, 3.05) is 5.32 Å². The molecule has 0 bridgehead atoms. The molecule has 74 valence electrons. The first-order valence-electron chi connectivity index (χ1n) is 3.49. The van der Waals surface area contributed by atoms with Gasteiger partial charge in [0, 0.05) is 0 Å². The lowest BCUT2D eigenvalue weighted by atomic mass is 10.1. The number of carboxylic acid groups (broad SMARTS) is 1. The summed E-state index contributed by atoms with van der Waals surface area (Å²) in [7, 11) is 0. The summed E-state index contributed by atoms with van der Waals surface area (Å²) in [5.41, 5.74) is -0.890. The maximum atomic E-state index is 13.0. The van der Waals surface area contributed by atoms with Crippen molar-refractivity contribution < 1.29 is 19.1 Å². The summed E-state index contributed by atoms with van der Waals surface area (Å²) in [4.78, 5) is 20.8. The second-order valence-electron chi connectivity index (χ2n) is 2.35. The van der Waals surface area contributed by atoms with Crippen LogP contribution in [0.5, 0.6) is 0 Å². The fraction of sp³-hybridized carbons (Fsp3) is 0. The monoisotopic (exact) mass is 217 g/mol. The highest BCUT2D eigenvalue weighted by Gasteiger charge is 2.17. The molecule has 0 aromatic heterocycles. The summed E-state index contributed by atoms with van der Waals surface area (Å²) in [5.74, 6) is -2.25. The Balaban J connectivity index is 3.40. The molecule has 0 saturated heterocycles. The van der Waals surface area contributed by atoms with Gasteiger partial charge in [-0.25, -0.2) is 9.18 Å². The fourth-order valence-electron chi connectivity index (χ4n) is 0.961. The molecule has 14 heavy (non-hydrogen) atoms. The van der Waals surface area contributed by atoms with Crippen LogP contribution in [0, 0.1) is 5.82 Å². The van der Waals surface area contributed by atoms with Crippen molar-refractivity contribution in [3.8, 4) is 0 Å². The van der Waals surface area contributed by atoms with Gasteiger partial charge in [0.15, 0.2) is 0 Å². The molecule has 0 fully saturated rings. The maximum absolute atomic E-state index is 13.0. The molecule has 1 amide bonds. The number of carbonyl (C=O) groups excluding carboxylic acids is 1. The number of nitrogens with one attached hydrogen (secondary N) is 1. The molecule has 2 N–H and O–H groups in total. The summed E-state index contributed by atoms with van der Waals surface area (Å²) in [5, 5.41) is 10.5. The van der Waals surface area contributed by atoms with Gasteiger partial charge in [-0.3, -0.25) is 4.79 Å². The summed E-state index contributed by atoms with van der Waals surface area (Å²) in [6.07, 6.45) is 0.182. The Labute approximate surface area is 83.3 Å². The lowest BCUT2D eigenvalue weighted by molar-refractivity contribution is -0.105. The molecule has 0 unspecified atom stereocenters. The number of aromatic carboxylic acids is 1. The van der Waals surface area contributed by atoms with Gasteiger partial charge in [0.2, 0.25) is 6.41 Å². The first kappa shape index (κ1) is 10.5. The minimum absolute atomic E-state index is 0.136. The summed E-state index contributed by atoms with van der Waals surface area (Å²) < 4.78 is 13.0. The Bertz CT molecular complexity index is 394. The predicted octanol–water partition coefficient (Wildman–Crippen LogP) is 1.75. The van der Waals surface area contributed by atoms with E-state index in [9.17, 15) is 14.0 Å². The molecule has 0 heterocycles. The lowest BCUT2D eigenvalue weighted by Crippen LogP contribution is -2.07.